The first-order chi connectivity index (χ1) is 14.7. The number of aromatic nitrogens is 2. The van der Waals surface area contributed by atoms with E-state index in [1.807, 2.05) is 60.3 Å². The molecule has 2 amide bonds. The van der Waals surface area contributed by atoms with Gasteiger partial charge in [0.1, 0.15) is 30.8 Å². The van der Waals surface area contributed by atoms with Crippen LogP contribution in [-0.4, -0.2) is 35.9 Å². The molecule has 2 aromatic carbocycles. The number of para-hydroxylation sites is 1. The van der Waals surface area contributed by atoms with Gasteiger partial charge in [0.15, 0.2) is 11.5 Å². The maximum Gasteiger partial charge on any atom is 0.315 e. The zero-order valence-electron chi connectivity index (χ0n) is 16.9. The molecule has 0 spiro atoms. The van der Waals surface area contributed by atoms with Gasteiger partial charge in [-0.15, -0.1) is 0 Å². The molecule has 8 heteroatoms. The van der Waals surface area contributed by atoms with Crippen molar-refractivity contribution in [3.05, 3.63) is 71.8 Å². The molecule has 1 aliphatic heterocycles. The highest BCUT2D eigenvalue weighted by atomic mass is 16.6. The van der Waals surface area contributed by atoms with Crippen LogP contribution >= 0.6 is 0 Å². The number of benzene rings is 2. The molecule has 156 valence electrons. The largest absolute Gasteiger partial charge is 0.496 e. The predicted molar refractivity (Wildman–Crippen MR) is 111 cm³/mol. The Kier molecular flexibility index (Phi) is 5.74. The quantitative estimate of drug-likeness (QED) is 0.655. The van der Waals surface area contributed by atoms with Crippen molar-refractivity contribution in [2.75, 3.05) is 20.3 Å². The predicted octanol–water partition coefficient (Wildman–Crippen LogP) is 2.79. The minimum absolute atomic E-state index is 0.316. The lowest BCUT2D eigenvalue weighted by atomic mass is 10.0. The Labute approximate surface area is 174 Å². The summed E-state index contributed by atoms with van der Waals surface area (Å²) in [6, 6.07) is 12.4. The van der Waals surface area contributed by atoms with E-state index < -0.39 is 6.04 Å². The summed E-state index contributed by atoms with van der Waals surface area (Å²) >= 11 is 0. The van der Waals surface area contributed by atoms with E-state index in [9.17, 15) is 4.79 Å². The maximum atomic E-state index is 12.7. The highest BCUT2D eigenvalue weighted by Gasteiger charge is 2.23. The number of methoxy groups -OCH3 is 1. The van der Waals surface area contributed by atoms with Gasteiger partial charge in [0.25, 0.3) is 0 Å². The molecule has 0 bridgehead atoms. The fourth-order valence-corrected chi connectivity index (χ4v) is 3.40. The number of carbonyl (C=O) groups excluding carboxylic acids is 1. The van der Waals surface area contributed by atoms with Gasteiger partial charge in [-0.05, 0) is 23.8 Å². The topological polar surface area (TPSA) is 86.6 Å². The van der Waals surface area contributed by atoms with Crippen molar-refractivity contribution in [1.29, 1.82) is 0 Å². The number of hydrogen-bond donors (Lipinski definition) is 2. The number of nitrogens with one attached hydrogen (secondary N) is 2. The van der Waals surface area contributed by atoms with Crippen molar-refractivity contribution in [2.45, 2.75) is 12.6 Å². The minimum atomic E-state index is -0.471. The van der Waals surface area contributed by atoms with Gasteiger partial charge in [0.2, 0.25) is 0 Å². The smallest absolute Gasteiger partial charge is 0.315 e. The van der Waals surface area contributed by atoms with Gasteiger partial charge in [-0.2, -0.15) is 0 Å². The van der Waals surface area contributed by atoms with Crippen molar-refractivity contribution in [2.24, 2.45) is 7.05 Å². The van der Waals surface area contributed by atoms with Crippen LogP contribution in [0.15, 0.2) is 54.9 Å². The van der Waals surface area contributed by atoms with Gasteiger partial charge < -0.3 is 29.4 Å². The van der Waals surface area contributed by atoms with E-state index >= 15 is 0 Å². The van der Waals surface area contributed by atoms with Crippen LogP contribution in [0.25, 0.3) is 0 Å². The van der Waals surface area contributed by atoms with E-state index in [4.69, 9.17) is 14.2 Å². The molecule has 1 aromatic heterocycles. The SMILES string of the molecule is COc1ccccc1[C@@H](NC(=O)NCc1ccc2c(c1)OCCO2)c1nccn1C. The molecule has 0 fully saturated rings. The third kappa shape index (κ3) is 4.17. The Balaban J connectivity index is 1.49. The van der Waals surface area contributed by atoms with E-state index in [0.29, 0.717) is 37.1 Å². The van der Waals surface area contributed by atoms with Gasteiger partial charge >= 0.3 is 6.03 Å². The first-order valence-electron chi connectivity index (χ1n) is 9.68. The van der Waals surface area contributed by atoms with Crippen LogP contribution in [0, 0.1) is 0 Å². The number of aryl methyl sites for hydroxylation is 1. The Morgan fingerprint density at radius 3 is 2.77 bits per heavy atom. The Morgan fingerprint density at radius 1 is 1.20 bits per heavy atom. The van der Waals surface area contributed by atoms with Gasteiger partial charge in [-0.25, -0.2) is 9.78 Å². The molecule has 1 atom stereocenters. The summed E-state index contributed by atoms with van der Waals surface area (Å²) in [4.78, 5) is 17.2. The average Bonchev–Trinajstić information content (AvgIpc) is 3.21. The summed E-state index contributed by atoms with van der Waals surface area (Å²) in [5.74, 6) is 2.80. The second-order valence-electron chi connectivity index (χ2n) is 6.88. The van der Waals surface area contributed by atoms with Gasteiger partial charge in [0, 0.05) is 31.5 Å². The monoisotopic (exact) mass is 408 g/mol. The normalized spacial score (nSPS) is 13.4. The molecule has 4 rings (SSSR count). The summed E-state index contributed by atoms with van der Waals surface area (Å²) in [5, 5.41) is 5.92. The lowest BCUT2D eigenvalue weighted by Gasteiger charge is -2.22. The number of carbonyl (C=O) groups is 1. The van der Waals surface area contributed by atoms with Crippen molar-refractivity contribution >= 4 is 6.03 Å². The second-order valence-corrected chi connectivity index (χ2v) is 6.88. The fraction of sp³-hybridized carbons (Fsp3) is 0.273. The molecule has 30 heavy (non-hydrogen) atoms. The van der Waals surface area contributed by atoms with Gasteiger partial charge in [-0.3, -0.25) is 0 Å². The van der Waals surface area contributed by atoms with Gasteiger partial charge in [-0.1, -0.05) is 24.3 Å². The fourth-order valence-electron chi connectivity index (χ4n) is 3.40. The van der Waals surface area contributed by atoms with Crippen molar-refractivity contribution in [3.63, 3.8) is 0 Å². The Bertz CT molecular complexity index is 1030. The zero-order valence-corrected chi connectivity index (χ0v) is 16.9. The first-order valence-corrected chi connectivity index (χ1v) is 9.68. The lowest BCUT2D eigenvalue weighted by molar-refractivity contribution is 0.171. The number of imidazole rings is 1. The molecule has 0 unspecified atom stereocenters. The molecular formula is C22H24N4O4. The summed E-state index contributed by atoms with van der Waals surface area (Å²) in [5.41, 5.74) is 1.74. The summed E-state index contributed by atoms with van der Waals surface area (Å²) < 4.78 is 18.5. The number of nitrogens with zero attached hydrogens (tertiary/aromatic N) is 2. The molecule has 8 nitrogen and oxygen atoms in total. The Hall–Kier alpha value is -3.68. The van der Waals surface area contributed by atoms with Crippen LogP contribution in [-0.2, 0) is 13.6 Å². The van der Waals surface area contributed by atoms with Gasteiger partial charge in [0.05, 0.1) is 7.11 Å². The first kappa shape index (κ1) is 19.6. The number of hydrogen-bond acceptors (Lipinski definition) is 5. The summed E-state index contributed by atoms with van der Waals surface area (Å²) in [7, 11) is 3.50. The highest BCUT2D eigenvalue weighted by molar-refractivity contribution is 5.75. The van der Waals surface area contributed by atoms with Crippen LogP contribution in [0.1, 0.15) is 23.0 Å². The Morgan fingerprint density at radius 2 is 2.00 bits per heavy atom. The molecule has 0 saturated heterocycles. The van der Waals surface area contributed by atoms with Crippen LogP contribution in [0.2, 0.25) is 0 Å². The van der Waals surface area contributed by atoms with Crippen LogP contribution in [0.3, 0.4) is 0 Å². The number of amides is 2. The molecule has 2 N–H and O–H groups in total. The molecule has 3 aromatic rings. The van der Waals surface area contributed by atoms with Crippen molar-refractivity contribution < 1.29 is 19.0 Å². The van der Waals surface area contributed by atoms with E-state index in [-0.39, 0.29) is 6.03 Å². The van der Waals surface area contributed by atoms with E-state index in [1.165, 1.54) is 0 Å². The number of rotatable bonds is 6. The molecule has 2 heterocycles. The number of ether oxygens (including phenoxy) is 3. The zero-order chi connectivity index (χ0) is 20.9. The number of urea groups is 1. The lowest BCUT2D eigenvalue weighted by Crippen LogP contribution is -2.39. The average molecular weight is 408 g/mol. The number of fused-ring (bicyclic) bond motifs is 1. The van der Waals surface area contributed by atoms with E-state index in [1.54, 1.807) is 13.3 Å². The van der Waals surface area contributed by atoms with Crippen LogP contribution in [0.5, 0.6) is 17.2 Å². The maximum absolute atomic E-state index is 12.7. The molecule has 1 aliphatic rings. The third-order valence-electron chi connectivity index (χ3n) is 4.90. The standard InChI is InChI=1S/C22H24N4O4/c1-26-10-9-23-21(26)20(16-5-3-4-6-17(16)28-2)25-22(27)24-14-15-7-8-18-19(13-15)30-12-11-29-18/h3-10,13,20H,11-12,14H2,1-2H3,(H2,24,25,27)/t20-/m1/s1. The minimum Gasteiger partial charge on any atom is -0.496 e. The highest BCUT2D eigenvalue weighted by Crippen LogP contribution is 2.31. The molecule has 0 aliphatic carbocycles. The summed E-state index contributed by atoms with van der Waals surface area (Å²) in [6.07, 6.45) is 3.54. The van der Waals surface area contributed by atoms with E-state index in [2.05, 4.69) is 15.6 Å². The van der Waals surface area contributed by atoms with Crippen molar-refractivity contribution in [1.82, 2.24) is 20.2 Å². The molecule has 0 saturated carbocycles. The third-order valence-corrected chi connectivity index (χ3v) is 4.90. The van der Waals surface area contributed by atoms with E-state index in [0.717, 1.165) is 16.9 Å². The van der Waals surface area contributed by atoms with Crippen LogP contribution in [0.4, 0.5) is 4.79 Å². The van der Waals surface area contributed by atoms with Crippen molar-refractivity contribution in [3.8, 4) is 17.2 Å². The second kappa shape index (κ2) is 8.77. The van der Waals surface area contributed by atoms with Crippen LogP contribution < -0.4 is 24.8 Å². The summed E-state index contributed by atoms with van der Waals surface area (Å²) in [6.45, 7) is 1.42. The molecule has 0 radical (unpaired) electrons. The molecular weight excluding hydrogens is 384 g/mol.